The van der Waals surface area contributed by atoms with Crippen LogP contribution in [0, 0.1) is 17.8 Å². The number of ketones is 1. The van der Waals surface area contributed by atoms with Gasteiger partial charge in [-0.2, -0.15) is 0 Å². The number of aliphatic hydroxyl groups excluding tert-OH is 2. The summed E-state index contributed by atoms with van der Waals surface area (Å²) in [6.07, 6.45) is 14.1. The highest BCUT2D eigenvalue weighted by atomic mass is 16.9. The van der Waals surface area contributed by atoms with Crippen molar-refractivity contribution in [2.75, 3.05) is 6.61 Å². The zero-order valence-corrected chi connectivity index (χ0v) is 24.1. The monoisotopic (exact) mass is 556 g/mol. The maximum Gasteiger partial charge on any atom is 0.306 e. The van der Waals surface area contributed by atoms with Gasteiger partial charge < -0.3 is 34.3 Å². The Balaban J connectivity index is 1.40. The first kappa shape index (κ1) is 28.5. The summed E-state index contributed by atoms with van der Waals surface area (Å²) >= 11 is 0. The fourth-order valence-corrected chi connectivity index (χ4v) is 8.63. The summed E-state index contributed by atoms with van der Waals surface area (Å²) in [5, 5.41) is 34.1. The lowest BCUT2D eigenvalue weighted by Crippen LogP contribution is -2.72. The van der Waals surface area contributed by atoms with Crippen LogP contribution in [0.15, 0.2) is 48.1 Å². The van der Waals surface area contributed by atoms with Gasteiger partial charge in [-0.25, -0.2) is 0 Å². The van der Waals surface area contributed by atoms with Gasteiger partial charge in [0.25, 0.3) is 0 Å². The number of hydrogen-bond donors (Lipinski definition) is 3. The van der Waals surface area contributed by atoms with Crippen LogP contribution in [0.1, 0.15) is 72.6 Å². The number of hydrogen-bond acceptors (Lipinski definition) is 8. The zero-order valence-electron chi connectivity index (χ0n) is 24.1. The van der Waals surface area contributed by atoms with E-state index in [1.807, 2.05) is 26.0 Å². The lowest BCUT2D eigenvalue weighted by molar-refractivity contribution is -0.406. The van der Waals surface area contributed by atoms with Gasteiger partial charge in [-0.15, -0.1) is 0 Å². The highest BCUT2D eigenvalue weighted by Gasteiger charge is 2.88. The fraction of sp³-hybridized carbons (Fsp3) is 0.719. The summed E-state index contributed by atoms with van der Waals surface area (Å²) in [4.78, 5) is 13.5. The summed E-state index contributed by atoms with van der Waals surface area (Å²) in [6, 6.07) is 0. The van der Waals surface area contributed by atoms with E-state index in [1.165, 1.54) is 25.7 Å². The molecule has 2 saturated carbocycles. The largest absolute Gasteiger partial charge is 0.393 e. The van der Waals surface area contributed by atoms with E-state index >= 15 is 0 Å². The first-order valence-corrected chi connectivity index (χ1v) is 15.0. The van der Waals surface area contributed by atoms with E-state index in [0.29, 0.717) is 12.0 Å². The quantitative estimate of drug-likeness (QED) is 0.162. The molecule has 3 bridgehead atoms. The number of fused-ring (bicyclic) bond motifs is 3. The number of ether oxygens (including phenoxy) is 4. The van der Waals surface area contributed by atoms with E-state index in [2.05, 4.69) is 19.6 Å². The standard InChI is InChI=1S/C32H44O8/c1-6-7-8-9-10-11-12-13-14-15-30-38-25-23-26-29(18-33,37-26)27(35)31(36)22(16-20(4)24(31)34)32(23,40-30)21(5)17-28(25,39-30)19(2)3/h12-16,21-23,25-27,33,35-36H,2,6-11,17-18H2,1,3-5H3/b13-12-,15-14+/t21-,22-,23-,25-,26+,27-,28-,29+,30-,31-,32+/m1/s1. The maximum atomic E-state index is 13.5. The molecule has 8 nitrogen and oxygen atoms in total. The molecule has 220 valence electrons. The maximum absolute atomic E-state index is 13.5. The fourth-order valence-electron chi connectivity index (χ4n) is 8.63. The summed E-state index contributed by atoms with van der Waals surface area (Å²) in [5.74, 6) is -3.80. The number of carbonyl (C=O) groups excluding carboxylic acids is 1. The van der Waals surface area contributed by atoms with Gasteiger partial charge in [0.1, 0.15) is 29.5 Å². The number of unbranched alkanes of at least 4 members (excludes halogenated alkanes) is 5. The minimum Gasteiger partial charge on any atom is -0.393 e. The Kier molecular flexibility index (Phi) is 6.71. The molecule has 0 aromatic rings. The summed E-state index contributed by atoms with van der Waals surface area (Å²) in [5.41, 5.74) is -4.66. The number of epoxide rings is 1. The number of rotatable bonds is 10. The first-order chi connectivity index (χ1) is 19.0. The summed E-state index contributed by atoms with van der Waals surface area (Å²) in [7, 11) is 0. The SMILES string of the molecule is C=C(C)[C@]12C[C@@H](C)[C@@]34O[C@](/C=C/C=C\CCCCCCC)(O[C@@H]1[C@@H]3[C@@H]1O[C@]1(CO)[C@@H](O)[C@]1(O)C(=O)C(C)=C[C@H]14)O2. The highest BCUT2D eigenvalue weighted by Crippen LogP contribution is 2.72. The van der Waals surface area contributed by atoms with Crippen molar-refractivity contribution in [3.8, 4) is 0 Å². The van der Waals surface area contributed by atoms with E-state index < -0.39 is 70.9 Å². The predicted molar refractivity (Wildman–Crippen MR) is 147 cm³/mol. The second kappa shape index (κ2) is 9.43. The Morgan fingerprint density at radius 2 is 1.90 bits per heavy atom. The van der Waals surface area contributed by atoms with Crippen LogP contribution in [0.4, 0.5) is 0 Å². The Morgan fingerprint density at radius 3 is 2.60 bits per heavy atom. The summed E-state index contributed by atoms with van der Waals surface area (Å²) < 4.78 is 26.4. The molecule has 11 atom stereocenters. The van der Waals surface area contributed by atoms with E-state index in [9.17, 15) is 20.1 Å². The molecule has 3 aliphatic heterocycles. The number of aliphatic hydroxyl groups is 3. The molecule has 0 spiro atoms. The molecule has 0 aromatic heterocycles. The third kappa shape index (κ3) is 3.47. The van der Waals surface area contributed by atoms with Crippen molar-refractivity contribution < 1.29 is 39.1 Å². The van der Waals surface area contributed by atoms with Crippen molar-refractivity contribution in [3.63, 3.8) is 0 Å². The van der Waals surface area contributed by atoms with E-state index in [4.69, 9.17) is 18.9 Å². The minimum absolute atomic E-state index is 0.236. The molecule has 40 heavy (non-hydrogen) atoms. The van der Waals surface area contributed by atoms with Gasteiger partial charge in [0, 0.05) is 17.9 Å². The molecular weight excluding hydrogens is 512 g/mol. The Hall–Kier alpha value is -1.65. The van der Waals surface area contributed by atoms with Crippen molar-refractivity contribution in [1.82, 2.24) is 0 Å². The van der Waals surface area contributed by atoms with Crippen molar-refractivity contribution >= 4 is 5.78 Å². The molecule has 0 aromatic carbocycles. The third-order valence-corrected chi connectivity index (χ3v) is 10.7. The first-order valence-electron chi connectivity index (χ1n) is 15.0. The second-order valence-corrected chi connectivity index (χ2v) is 13.0. The van der Waals surface area contributed by atoms with Crippen LogP contribution in [-0.4, -0.2) is 74.4 Å². The smallest absolute Gasteiger partial charge is 0.306 e. The van der Waals surface area contributed by atoms with E-state index in [-0.39, 0.29) is 5.92 Å². The van der Waals surface area contributed by atoms with Crippen LogP contribution in [-0.2, 0) is 23.7 Å². The van der Waals surface area contributed by atoms with Crippen LogP contribution in [0.3, 0.4) is 0 Å². The predicted octanol–water partition coefficient (Wildman–Crippen LogP) is 3.65. The Morgan fingerprint density at radius 1 is 1.15 bits per heavy atom. The van der Waals surface area contributed by atoms with Crippen molar-refractivity contribution in [2.24, 2.45) is 17.8 Å². The molecule has 3 aliphatic carbocycles. The Bertz CT molecular complexity index is 1180. The topological polar surface area (TPSA) is 118 Å². The van der Waals surface area contributed by atoms with E-state index in [1.54, 1.807) is 19.1 Å². The van der Waals surface area contributed by atoms with E-state index in [0.717, 1.165) is 18.4 Å². The molecule has 5 fully saturated rings. The highest BCUT2D eigenvalue weighted by molar-refractivity contribution is 6.05. The number of allylic oxidation sites excluding steroid dienone is 3. The third-order valence-electron chi connectivity index (χ3n) is 10.7. The number of Topliss-reactive ketones (excluding diaryl/α,β-unsaturated/α-hetero) is 1. The second-order valence-electron chi connectivity index (χ2n) is 13.0. The van der Waals surface area contributed by atoms with Crippen molar-refractivity contribution in [1.29, 1.82) is 0 Å². The molecule has 8 heteroatoms. The molecule has 3 heterocycles. The Labute approximate surface area is 236 Å². The normalized spacial score (nSPS) is 50.2. The molecule has 6 rings (SSSR count). The molecule has 3 saturated heterocycles. The van der Waals surface area contributed by atoms with Crippen molar-refractivity contribution in [3.05, 3.63) is 48.1 Å². The van der Waals surface area contributed by atoms with Gasteiger partial charge in [-0.05, 0) is 50.2 Å². The molecule has 0 radical (unpaired) electrons. The molecule has 0 amide bonds. The van der Waals surface area contributed by atoms with Gasteiger partial charge in [-0.1, -0.05) is 70.4 Å². The van der Waals surface area contributed by atoms with Crippen LogP contribution in [0.2, 0.25) is 0 Å². The van der Waals surface area contributed by atoms with Gasteiger partial charge >= 0.3 is 5.97 Å². The lowest BCUT2D eigenvalue weighted by Gasteiger charge is -2.59. The van der Waals surface area contributed by atoms with Gasteiger partial charge in [0.05, 0.1) is 12.2 Å². The van der Waals surface area contributed by atoms with Gasteiger partial charge in [0.15, 0.2) is 11.4 Å². The average Bonchev–Trinajstić information content (AvgIpc) is 3.56. The zero-order chi connectivity index (χ0) is 28.7. The molecular formula is C32H44O8. The minimum atomic E-state index is -2.22. The lowest BCUT2D eigenvalue weighted by atomic mass is 9.54. The van der Waals surface area contributed by atoms with Crippen LogP contribution in [0.25, 0.3) is 0 Å². The van der Waals surface area contributed by atoms with Crippen LogP contribution >= 0.6 is 0 Å². The average molecular weight is 557 g/mol. The molecule has 6 aliphatic rings. The van der Waals surface area contributed by atoms with Gasteiger partial charge in [-0.3, -0.25) is 4.79 Å². The molecule has 3 N–H and O–H groups in total. The van der Waals surface area contributed by atoms with Gasteiger partial charge in [0.2, 0.25) is 0 Å². The number of carbonyl (C=O) groups is 1. The van der Waals surface area contributed by atoms with Crippen LogP contribution in [0.5, 0.6) is 0 Å². The summed E-state index contributed by atoms with van der Waals surface area (Å²) in [6.45, 7) is 11.5. The molecule has 0 unspecified atom stereocenters. The van der Waals surface area contributed by atoms with Crippen molar-refractivity contribution in [2.45, 2.75) is 119 Å². The van der Waals surface area contributed by atoms with Crippen LogP contribution < -0.4 is 0 Å².